The molecule has 0 radical (unpaired) electrons. The average molecular weight is 353 g/mol. The van der Waals surface area contributed by atoms with E-state index < -0.39 is 0 Å². The minimum Gasteiger partial charge on any atom is -0.355 e. The van der Waals surface area contributed by atoms with Crippen LogP contribution in [0, 0.1) is 6.92 Å². The Morgan fingerprint density at radius 2 is 1.85 bits per heavy atom. The van der Waals surface area contributed by atoms with Crippen LogP contribution in [-0.2, 0) is 6.54 Å². The first-order valence-corrected chi connectivity index (χ1v) is 8.52. The van der Waals surface area contributed by atoms with E-state index in [1.807, 2.05) is 37.3 Å². The Labute approximate surface area is 150 Å². The zero-order valence-electron chi connectivity index (χ0n) is 14.5. The first-order valence-electron chi connectivity index (χ1n) is 8.52. The Balaban J connectivity index is 1.37. The average Bonchev–Trinajstić information content (AvgIpc) is 3.32. The maximum absolute atomic E-state index is 12.7. The number of carbonyl (C=O) groups is 1. The zero-order valence-corrected chi connectivity index (χ0v) is 14.5. The van der Waals surface area contributed by atoms with Gasteiger partial charge in [0.15, 0.2) is 11.5 Å². The van der Waals surface area contributed by atoms with Crippen LogP contribution in [0.4, 0.5) is 0 Å². The second-order valence-electron chi connectivity index (χ2n) is 6.31. The molecule has 0 aliphatic carbocycles. The maximum Gasteiger partial charge on any atom is 0.276 e. The van der Waals surface area contributed by atoms with Crippen molar-refractivity contribution >= 4 is 5.91 Å². The third-order valence-electron chi connectivity index (χ3n) is 4.57. The molecule has 1 amide bonds. The lowest BCUT2D eigenvalue weighted by Crippen LogP contribution is -2.48. The van der Waals surface area contributed by atoms with Gasteiger partial charge in [0.1, 0.15) is 11.4 Å². The van der Waals surface area contributed by atoms with Gasteiger partial charge in [-0.15, -0.1) is 0 Å². The van der Waals surface area contributed by atoms with Crippen molar-refractivity contribution in [1.29, 1.82) is 0 Å². The van der Waals surface area contributed by atoms with Crippen LogP contribution in [-0.4, -0.2) is 57.4 Å². The molecule has 3 aromatic rings. The van der Waals surface area contributed by atoms with Crippen molar-refractivity contribution in [3.63, 3.8) is 0 Å². The highest BCUT2D eigenvalue weighted by Gasteiger charge is 2.25. The molecular weight excluding hydrogens is 334 g/mol. The number of carbonyl (C=O) groups excluding carboxylic acids is 1. The summed E-state index contributed by atoms with van der Waals surface area (Å²) in [6, 6.07) is 11.3. The predicted octanol–water partition coefficient (Wildman–Crippen LogP) is 1.99. The molecule has 8 nitrogen and oxygen atoms in total. The molecule has 3 heterocycles. The highest BCUT2D eigenvalue weighted by atomic mass is 16.6. The molecule has 134 valence electrons. The molecule has 1 aliphatic rings. The Kier molecular flexibility index (Phi) is 4.49. The first kappa shape index (κ1) is 16.5. The van der Waals surface area contributed by atoms with Gasteiger partial charge in [0.2, 0.25) is 0 Å². The molecule has 1 fully saturated rings. The normalized spacial score (nSPS) is 15.3. The third kappa shape index (κ3) is 3.36. The number of benzene rings is 1. The van der Waals surface area contributed by atoms with Crippen LogP contribution < -0.4 is 0 Å². The largest absolute Gasteiger partial charge is 0.355 e. The summed E-state index contributed by atoms with van der Waals surface area (Å²) in [6.45, 7) is 5.36. The van der Waals surface area contributed by atoms with Gasteiger partial charge in [0.05, 0.1) is 0 Å². The van der Waals surface area contributed by atoms with Crippen LogP contribution in [0.15, 0.2) is 45.6 Å². The molecule has 0 N–H and O–H groups in total. The summed E-state index contributed by atoms with van der Waals surface area (Å²) in [4.78, 5) is 16.7. The van der Waals surface area contributed by atoms with Gasteiger partial charge < -0.3 is 9.42 Å². The zero-order chi connectivity index (χ0) is 17.9. The summed E-state index contributed by atoms with van der Waals surface area (Å²) in [6.07, 6.45) is 0. The van der Waals surface area contributed by atoms with Crippen molar-refractivity contribution in [1.82, 2.24) is 25.3 Å². The van der Waals surface area contributed by atoms with Crippen LogP contribution in [0.2, 0.25) is 0 Å². The Morgan fingerprint density at radius 1 is 1.08 bits per heavy atom. The molecule has 1 aromatic carbocycles. The molecule has 8 heteroatoms. The van der Waals surface area contributed by atoms with Crippen molar-refractivity contribution in [3.8, 4) is 11.3 Å². The van der Waals surface area contributed by atoms with Gasteiger partial charge in [-0.25, -0.2) is 4.63 Å². The SMILES string of the molecule is Cc1nonc1CN1CCN(C(=O)c2cc(-c3ccccc3)on2)CC1. The number of amides is 1. The minimum atomic E-state index is -0.102. The Morgan fingerprint density at radius 3 is 2.54 bits per heavy atom. The van der Waals surface area contributed by atoms with Gasteiger partial charge in [-0.3, -0.25) is 9.69 Å². The third-order valence-corrected chi connectivity index (χ3v) is 4.57. The summed E-state index contributed by atoms with van der Waals surface area (Å²) >= 11 is 0. The number of nitrogens with zero attached hydrogens (tertiary/aromatic N) is 5. The lowest BCUT2D eigenvalue weighted by atomic mass is 10.1. The van der Waals surface area contributed by atoms with Gasteiger partial charge in [-0.2, -0.15) is 0 Å². The molecule has 2 aromatic heterocycles. The molecular formula is C18H19N5O3. The fraction of sp³-hybridized carbons (Fsp3) is 0.333. The molecule has 0 atom stereocenters. The summed E-state index contributed by atoms with van der Waals surface area (Å²) in [5, 5.41) is 11.7. The second-order valence-corrected chi connectivity index (χ2v) is 6.31. The molecule has 4 rings (SSSR count). The number of hydrogen-bond donors (Lipinski definition) is 0. The fourth-order valence-corrected chi connectivity index (χ4v) is 2.99. The quantitative estimate of drug-likeness (QED) is 0.708. The van der Waals surface area contributed by atoms with Crippen molar-refractivity contribution in [3.05, 3.63) is 53.5 Å². The highest BCUT2D eigenvalue weighted by molar-refractivity contribution is 5.93. The van der Waals surface area contributed by atoms with Crippen molar-refractivity contribution < 1.29 is 13.9 Å². The monoisotopic (exact) mass is 353 g/mol. The molecule has 0 spiro atoms. The molecule has 0 unspecified atom stereocenters. The topological polar surface area (TPSA) is 88.5 Å². The Hall–Kier alpha value is -3.00. The number of rotatable bonds is 4. The number of aromatic nitrogens is 3. The van der Waals surface area contributed by atoms with Gasteiger partial charge in [-0.1, -0.05) is 45.8 Å². The van der Waals surface area contributed by atoms with E-state index in [1.54, 1.807) is 11.0 Å². The van der Waals surface area contributed by atoms with E-state index in [1.165, 1.54) is 0 Å². The minimum absolute atomic E-state index is 0.102. The van der Waals surface area contributed by atoms with Gasteiger partial charge in [-0.05, 0) is 6.92 Å². The van der Waals surface area contributed by atoms with E-state index in [0.717, 1.165) is 30.0 Å². The summed E-state index contributed by atoms with van der Waals surface area (Å²) in [5.41, 5.74) is 2.89. The lowest BCUT2D eigenvalue weighted by molar-refractivity contribution is 0.0615. The smallest absolute Gasteiger partial charge is 0.276 e. The lowest BCUT2D eigenvalue weighted by Gasteiger charge is -2.33. The molecule has 1 aliphatic heterocycles. The van der Waals surface area contributed by atoms with Crippen LogP contribution in [0.25, 0.3) is 11.3 Å². The maximum atomic E-state index is 12.7. The summed E-state index contributed by atoms with van der Waals surface area (Å²) in [7, 11) is 0. The van der Waals surface area contributed by atoms with Crippen molar-refractivity contribution in [2.24, 2.45) is 0 Å². The van der Waals surface area contributed by atoms with E-state index in [2.05, 4.69) is 20.4 Å². The molecule has 1 saturated heterocycles. The van der Waals surface area contributed by atoms with Gasteiger partial charge in [0.25, 0.3) is 5.91 Å². The molecule has 26 heavy (non-hydrogen) atoms. The second kappa shape index (κ2) is 7.09. The van der Waals surface area contributed by atoms with Crippen LogP contribution >= 0.6 is 0 Å². The predicted molar refractivity (Wildman–Crippen MR) is 92.2 cm³/mol. The Bertz CT molecular complexity index is 881. The van der Waals surface area contributed by atoms with E-state index >= 15 is 0 Å². The van der Waals surface area contributed by atoms with E-state index in [4.69, 9.17) is 9.15 Å². The number of aryl methyl sites for hydroxylation is 1. The van der Waals surface area contributed by atoms with Gasteiger partial charge in [0, 0.05) is 44.4 Å². The molecule has 0 bridgehead atoms. The van der Waals surface area contributed by atoms with E-state index in [0.29, 0.717) is 31.1 Å². The standard InChI is InChI=1S/C18H19N5O3/c1-13-16(21-26-19-13)12-22-7-9-23(10-8-22)18(24)15-11-17(25-20-15)14-5-3-2-4-6-14/h2-6,11H,7-10,12H2,1H3. The van der Waals surface area contributed by atoms with Crippen LogP contribution in [0.1, 0.15) is 21.9 Å². The summed E-state index contributed by atoms with van der Waals surface area (Å²) in [5.74, 6) is 0.497. The van der Waals surface area contributed by atoms with Crippen LogP contribution in [0.5, 0.6) is 0 Å². The van der Waals surface area contributed by atoms with E-state index in [-0.39, 0.29) is 5.91 Å². The molecule has 0 saturated carbocycles. The van der Waals surface area contributed by atoms with E-state index in [9.17, 15) is 4.79 Å². The summed E-state index contributed by atoms with van der Waals surface area (Å²) < 4.78 is 10.1. The van der Waals surface area contributed by atoms with Crippen molar-refractivity contribution in [2.45, 2.75) is 13.5 Å². The highest BCUT2D eigenvalue weighted by Crippen LogP contribution is 2.21. The van der Waals surface area contributed by atoms with Crippen molar-refractivity contribution in [2.75, 3.05) is 26.2 Å². The first-order chi connectivity index (χ1) is 12.7. The van der Waals surface area contributed by atoms with Crippen LogP contribution in [0.3, 0.4) is 0 Å². The number of piperazine rings is 1. The number of hydrogen-bond acceptors (Lipinski definition) is 7. The fourth-order valence-electron chi connectivity index (χ4n) is 2.99. The van der Waals surface area contributed by atoms with Gasteiger partial charge >= 0.3 is 0 Å².